The topological polar surface area (TPSA) is 57.6 Å². The van der Waals surface area contributed by atoms with Gasteiger partial charge in [-0.05, 0) is 44.4 Å². The Labute approximate surface area is 117 Å². The fourth-order valence-corrected chi connectivity index (χ4v) is 5.30. The number of hydrogen-bond donors (Lipinski definition) is 1. The molecule has 0 spiro atoms. The van der Waals surface area contributed by atoms with E-state index in [0.717, 1.165) is 25.7 Å². The Morgan fingerprint density at radius 3 is 2.21 bits per heavy atom. The summed E-state index contributed by atoms with van der Waals surface area (Å²) in [7, 11) is -3.08. The van der Waals surface area contributed by atoms with Crippen molar-refractivity contribution in [3.05, 3.63) is 0 Å². The van der Waals surface area contributed by atoms with E-state index in [1.54, 1.807) is 11.2 Å². The fourth-order valence-electron chi connectivity index (χ4n) is 3.39. The summed E-state index contributed by atoms with van der Waals surface area (Å²) in [5.74, 6) is 0.973. The molecule has 0 aromatic rings. The minimum atomic E-state index is -3.08. The Balaban J connectivity index is 1.86. The van der Waals surface area contributed by atoms with Gasteiger partial charge in [0.25, 0.3) is 0 Å². The highest BCUT2D eigenvalue weighted by atomic mass is 32.2. The normalized spacial score (nSPS) is 26.4. The van der Waals surface area contributed by atoms with E-state index >= 15 is 0 Å². The van der Waals surface area contributed by atoms with Crippen molar-refractivity contribution in [3.8, 4) is 0 Å². The van der Waals surface area contributed by atoms with Crippen molar-refractivity contribution in [2.24, 2.45) is 11.8 Å². The molecule has 0 amide bonds. The highest BCUT2D eigenvalue weighted by molar-refractivity contribution is 7.89. The summed E-state index contributed by atoms with van der Waals surface area (Å²) < 4.78 is 26.4. The van der Waals surface area contributed by atoms with Gasteiger partial charge in [0, 0.05) is 13.1 Å². The summed E-state index contributed by atoms with van der Waals surface area (Å²) in [6, 6.07) is 0. The van der Waals surface area contributed by atoms with E-state index in [4.69, 9.17) is 0 Å². The largest absolute Gasteiger partial charge is 0.393 e. The maximum atomic E-state index is 12.4. The molecule has 2 rings (SSSR count). The van der Waals surface area contributed by atoms with Crippen LogP contribution in [0.5, 0.6) is 0 Å². The maximum absolute atomic E-state index is 12.4. The van der Waals surface area contributed by atoms with E-state index in [9.17, 15) is 13.5 Å². The number of aliphatic hydroxyl groups excluding tert-OH is 1. The van der Waals surface area contributed by atoms with Crippen LogP contribution in [-0.2, 0) is 10.0 Å². The number of sulfonamides is 1. The molecule has 4 nitrogen and oxygen atoms in total. The zero-order valence-electron chi connectivity index (χ0n) is 11.9. The molecule has 0 bridgehead atoms. The second kappa shape index (κ2) is 6.55. The van der Waals surface area contributed by atoms with Crippen LogP contribution in [0, 0.1) is 11.8 Å². The van der Waals surface area contributed by atoms with Crippen molar-refractivity contribution in [1.29, 1.82) is 0 Å². The molecular weight excluding hydrogens is 262 g/mol. The lowest BCUT2D eigenvalue weighted by atomic mass is 9.91. The van der Waals surface area contributed by atoms with Gasteiger partial charge in [-0.3, -0.25) is 0 Å². The lowest BCUT2D eigenvalue weighted by Gasteiger charge is -2.33. The summed E-state index contributed by atoms with van der Waals surface area (Å²) in [5, 5.41) is 9.56. The minimum Gasteiger partial charge on any atom is -0.393 e. The second-order valence-corrected chi connectivity index (χ2v) is 8.27. The van der Waals surface area contributed by atoms with Crippen molar-refractivity contribution >= 4 is 10.0 Å². The van der Waals surface area contributed by atoms with Crippen molar-refractivity contribution in [3.63, 3.8) is 0 Å². The molecule has 1 N–H and O–H groups in total. The molecule has 1 aliphatic heterocycles. The molecule has 0 aromatic carbocycles. The molecule has 5 heteroatoms. The molecule has 2 aliphatic rings. The Hall–Kier alpha value is -0.130. The summed E-state index contributed by atoms with van der Waals surface area (Å²) in [6.45, 7) is 2.98. The van der Waals surface area contributed by atoms with Crippen molar-refractivity contribution < 1.29 is 13.5 Å². The van der Waals surface area contributed by atoms with Crippen LogP contribution in [0.1, 0.15) is 51.9 Å². The quantitative estimate of drug-likeness (QED) is 0.861. The lowest BCUT2D eigenvalue weighted by Crippen LogP contribution is -2.42. The Morgan fingerprint density at radius 2 is 1.68 bits per heavy atom. The highest BCUT2D eigenvalue weighted by Crippen LogP contribution is 2.28. The molecule has 0 radical (unpaired) electrons. The Morgan fingerprint density at radius 1 is 1.11 bits per heavy atom. The van der Waals surface area contributed by atoms with Crippen molar-refractivity contribution in [2.75, 3.05) is 18.8 Å². The fraction of sp³-hybridized carbons (Fsp3) is 1.00. The number of nitrogens with zero attached hydrogens (tertiary/aromatic N) is 1. The molecule has 0 aromatic heterocycles. The Kier molecular flexibility index (Phi) is 5.26. The van der Waals surface area contributed by atoms with E-state index in [1.807, 2.05) is 0 Å². The van der Waals surface area contributed by atoms with E-state index < -0.39 is 10.0 Å². The van der Waals surface area contributed by atoms with Crippen LogP contribution in [0.25, 0.3) is 0 Å². The van der Waals surface area contributed by atoms with Crippen LogP contribution in [0.2, 0.25) is 0 Å². The van der Waals surface area contributed by atoms with E-state index in [0.29, 0.717) is 24.8 Å². The van der Waals surface area contributed by atoms with Gasteiger partial charge in [0.15, 0.2) is 0 Å². The van der Waals surface area contributed by atoms with Crippen molar-refractivity contribution in [2.45, 2.75) is 58.0 Å². The third kappa shape index (κ3) is 4.17. The average Bonchev–Trinajstić information content (AvgIpc) is 2.39. The summed E-state index contributed by atoms with van der Waals surface area (Å²) >= 11 is 0. The molecule has 2 fully saturated rings. The lowest BCUT2D eigenvalue weighted by molar-refractivity contribution is 0.0911. The summed E-state index contributed by atoms with van der Waals surface area (Å²) in [6.07, 6.45) is 7.05. The van der Waals surface area contributed by atoms with Gasteiger partial charge in [0.05, 0.1) is 11.9 Å². The predicted molar refractivity (Wildman–Crippen MR) is 76.3 cm³/mol. The van der Waals surface area contributed by atoms with Gasteiger partial charge < -0.3 is 5.11 Å². The smallest absolute Gasteiger partial charge is 0.214 e. The number of aliphatic hydroxyl groups is 1. The first-order valence-corrected chi connectivity index (χ1v) is 9.26. The van der Waals surface area contributed by atoms with Gasteiger partial charge in [-0.1, -0.05) is 19.3 Å². The molecule has 1 heterocycles. The van der Waals surface area contributed by atoms with E-state index in [1.165, 1.54) is 19.3 Å². The number of piperidine rings is 1. The first-order chi connectivity index (χ1) is 8.99. The zero-order valence-corrected chi connectivity index (χ0v) is 12.7. The first-order valence-electron chi connectivity index (χ1n) is 7.65. The second-order valence-electron chi connectivity index (χ2n) is 6.26. The molecular formula is C14H27NO3S. The van der Waals surface area contributed by atoms with Crippen LogP contribution in [-0.4, -0.2) is 42.8 Å². The third-order valence-electron chi connectivity index (χ3n) is 4.75. The molecule has 1 aliphatic carbocycles. The average molecular weight is 289 g/mol. The summed E-state index contributed by atoms with van der Waals surface area (Å²) in [5.41, 5.74) is 0. The monoisotopic (exact) mass is 289 g/mol. The first kappa shape index (κ1) is 15.3. The van der Waals surface area contributed by atoms with Gasteiger partial charge in [0.2, 0.25) is 10.0 Å². The Bertz CT molecular complexity index is 366. The van der Waals surface area contributed by atoms with Crippen LogP contribution in [0.15, 0.2) is 0 Å². The van der Waals surface area contributed by atoms with Gasteiger partial charge >= 0.3 is 0 Å². The standard InChI is InChI=1S/C14H27NO3S/c1-12(16)14-7-9-15(10-8-14)19(17,18)11-13-5-3-2-4-6-13/h12-14,16H,2-11H2,1H3. The van der Waals surface area contributed by atoms with E-state index in [2.05, 4.69) is 0 Å². The molecule has 1 unspecified atom stereocenters. The molecule has 1 saturated carbocycles. The molecule has 1 atom stereocenters. The van der Waals surface area contributed by atoms with E-state index in [-0.39, 0.29) is 12.0 Å². The van der Waals surface area contributed by atoms with Crippen LogP contribution < -0.4 is 0 Å². The molecule has 1 saturated heterocycles. The number of hydrogen-bond acceptors (Lipinski definition) is 3. The zero-order chi connectivity index (χ0) is 13.9. The number of rotatable bonds is 4. The minimum absolute atomic E-state index is 0.265. The van der Waals surface area contributed by atoms with Crippen LogP contribution >= 0.6 is 0 Å². The van der Waals surface area contributed by atoms with Gasteiger partial charge in [-0.15, -0.1) is 0 Å². The maximum Gasteiger partial charge on any atom is 0.214 e. The van der Waals surface area contributed by atoms with Crippen LogP contribution in [0.3, 0.4) is 0 Å². The third-order valence-corrected chi connectivity index (χ3v) is 6.79. The SMILES string of the molecule is CC(O)C1CCN(S(=O)(=O)CC2CCCCC2)CC1. The van der Waals surface area contributed by atoms with Gasteiger partial charge in [-0.2, -0.15) is 0 Å². The summed E-state index contributed by atoms with van der Waals surface area (Å²) in [4.78, 5) is 0. The molecule has 19 heavy (non-hydrogen) atoms. The van der Waals surface area contributed by atoms with Crippen LogP contribution in [0.4, 0.5) is 0 Å². The van der Waals surface area contributed by atoms with Gasteiger partial charge in [-0.25, -0.2) is 12.7 Å². The van der Waals surface area contributed by atoms with Crippen molar-refractivity contribution in [1.82, 2.24) is 4.31 Å². The molecule has 112 valence electrons. The highest BCUT2D eigenvalue weighted by Gasteiger charge is 2.31. The predicted octanol–water partition coefficient (Wildman–Crippen LogP) is 1.99. The van der Waals surface area contributed by atoms with Gasteiger partial charge in [0.1, 0.15) is 0 Å².